The highest BCUT2D eigenvalue weighted by Crippen LogP contribution is 2.28. The normalized spacial score (nSPS) is 13.8. The van der Waals surface area contributed by atoms with Gasteiger partial charge < -0.3 is 29.9 Å². The number of amides is 2. The highest BCUT2D eigenvalue weighted by atomic mass is 16.6. The molecule has 0 saturated carbocycles. The van der Waals surface area contributed by atoms with Gasteiger partial charge in [-0.25, -0.2) is 9.59 Å². The molecule has 8 nitrogen and oxygen atoms in total. The number of nitrogens with zero attached hydrogens (tertiary/aromatic N) is 2. The lowest BCUT2D eigenvalue weighted by Crippen LogP contribution is -2.36. The lowest BCUT2D eigenvalue weighted by molar-refractivity contribution is 0.0485. The predicted octanol–water partition coefficient (Wildman–Crippen LogP) is 22.1. The molecule has 0 aromatic heterocycles. The Morgan fingerprint density at radius 1 is 0.317 bits per heavy atom. The van der Waals surface area contributed by atoms with Gasteiger partial charge in [0.15, 0.2) is 0 Å². The molecule has 0 aliphatic heterocycles. The number of carbonyl (C=O) groups excluding carboxylic acids is 2. The fourth-order valence-corrected chi connectivity index (χ4v) is 10.9. The summed E-state index contributed by atoms with van der Waals surface area (Å²) in [5.74, 6) is 0.738. The SMILES string of the molecule is CCCCCC=CCCCC(CCCC=CCCCCCC)C(CCC=CCCCCC)OC(=O)NCCCN(C)CCCCCC=CCCCC(CCCC=CCCCCCC)C(CCC=CCCCCC)OC(=O)NCCN(C)C. The molecule has 0 heterocycles. The van der Waals surface area contributed by atoms with E-state index in [1.54, 1.807) is 0 Å². The second-order valence-electron chi connectivity index (χ2n) is 24.5. The maximum Gasteiger partial charge on any atom is 0.407 e. The molecular formula is C74H138N4O4. The average molecular weight is 1150 g/mol. The third-order valence-corrected chi connectivity index (χ3v) is 16.2. The van der Waals surface area contributed by atoms with E-state index in [0.717, 1.165) is 148 Å². The van der Waals surface area contributed by atoms with Crippen LogP contribution in [-0.4, -0.2) is 88.1 Å². The van der Waals surface area contributed by atoms with Gasteiger partial charge in [-0.2, -0.15) is 0 Å². The molecule has 0 rings (SSSR count). The molecule has 0 aliphatic rings. The molecule has 0 aromatic carbocycles. The molecule has 0 spiro atoms. The fourth-order valence-electron chi connectivity index (χ4n) is 10.9. The average Bonchev–Trinajstić information content (AvgIpc) is 3.48. The molecule has 0 bridgehead atoms. The van der Waals surface area contributed by atoms with Crippen molar-refractivity contribution in [3.63, 3.8) is 0 Å². The van der Waals surface area contributed by atoms with Gasteiger partial charge in [0.25, 0.3) is 0 Å². The van der Waals surface area contributed by atoms with E-state index < -0.39 is 0 Å². The van der Waals surface area contributed by atoms with Crippen LogP contribution in [0.5, 0.6) is 0 Å². The zero-order valence-corrected chi connectivity index (χ0v) is 55.7. The number of rotatable bonds is 61. The van der Waals surface area contributed by atoms with Crippen molar-refractivity contribution in [1.29, 1.82) is 0 Å². The molecule has 478 valence electrons. The van der Waals surface area contributed by atoms with Crippen molar-refractivity contribution in [2.45, 2.75) is 323 Å². The van der Waals surface area contributed by atoms with Gasteiger partial charge in [0.1, 0.15) is 12.2 Å². The standard InChI is InChI=1S/C74H138N4O4/c1-9-14-19-24-29-32-39-44-51-59-69(58-50-43-38-31-26-21-16-11-3)71(62-54-47-36-27-22-17-12-4)81-73(79)75-64-57-67-78(8)66-56-49-42-35-34-41-46-53-61-70(60-52-45-40-33-30-25-20-15-10-2)72(63-55-48-37-28-23-18-13-5)82-74(80)76-65-68-77(6)7/h31-34,36-41,47-48,69-72H,9-30,35,42-46,49-68H2,1-8H3,(H,75,79)(H,76,80). The molecule has 4 unspecified atom stereocenters. The zero-order valence-electron chi connectivity index (χ0n) is 55.7. The van der Waals surface area contributed by atoms with Gasteiger partial charge in [-0.05, 0) is 239 Å². The van der Waals surface area contributed by atoms with E-state index in [4.69, 9.17) is 9.47 Å². The van der Waals surface area contributed by atoms with Crippen LogP contribution in [-0.2, 0) is 9.47 Å². The maximum absolute atomic E-state index is 13.5. The molecule has 0 radical (unpaired) electrons. The summed E-state index contributed by atoms with van der Waals surface area (Å²) in [6.45, 7) is 15.4. The topological polar surface area (TPSA) is 83.1 Å². The predicted molar refractivity (Wildman–Crippen MR) is 361 cm³/mol. The van der Waals surface area contributed by atoms with Gasteiger partial charge in [-0.3, -0.25) is 0 Å². The third kappa shape index (κ3) is 56.1. The monoisotopic (exact) mass is 1150 g/mol. The summed E-state index contributed by atoms with van der Waals surface area (Å²) < 4.78 is 12.7. The van der Waals surface area contributed by atoms with Crippen LogP contribution in [0, 0.1) is 11.8 Å². The number of unbranched alkanes of at least 4 members (excludes halogenated alkanes) is 24. The quantitative estimate of drug-likeness (QED) is 0.0466. The van der Waals surface area contributed by atoms with E-state index >= 15 is 0 Å². The van der Waals surface area contributed by atoms with Gasteiger partial charge in [0.2, 0.25) is 0 Å². The number of allylic oxidation sites excluding steroid dienone is 12. The molecule has 0 fully saturated rings. The lowest BCUT2D eigenvalue weighted by atomic mass is 9.88. The summed E-state index contributed by atoms with van der Waals surface area (Å²) in [5, 5.41) is 6.19. The molecule has 82 heavy (non-hydrogen) atoms. The maximum atomic E-state index is 13.5. The second kappa shape index (κ2) is 63.9. The van der Waals surface area contributed by atoms with Crippen molar-refractivity contribution in [3.8, 4) is 0 Å². The highest BCUT2D eigenvalue weighted by molar-refractivity contribution is 5.67. The van der Waals surface area contributed by atoms with E-state index in [1.807, 2.05) is 14.1 Å². The van der Waals surface area contributed by atoms with Crippen LogP contribution < -0.4 is 10.6 Å². The van der Waals surface area contributed by atoms with Gasteiger partial charge in [0, 0.05) is 19.6 Å². The first-order chi connectivity index (χ1) is 40.2. The second-order valence-corrected chi connectivity index (χ2v) is 24.5. The largest absolute Gasteiger partial charge is 0.446 e. The van der Waals surface area contributed by atoms with Crippen LogP contribution in [0.25, 0.3) is 0 Å². The Labute approximate surface area is 510 Å². The molecule has 0 aliphatic carbocycles. The number of nitrogens with one attached hydrogen (secondary N) is 2. The summed E-state index contributed by atoms with van der Waals surface area (Å²) in [4.78, 5) is 31.1. The van der Waals surface area contributed by atoms with Gasteiger partial charge in [-0.15, -0.1) is 0 Å². The van der Waals surface area contributed by atoms with E-state index in [-0.39, 0.29) is 24.4 Å². The Bertz CT molecular complexity index is 1540. The van der Waals surface area contributed by atoms with Crippen molar-refractivity contribution in [3.05, 3.63) is 72.9 Å². The van der Waals surface area contributed by atoms with E-state index in [1.165, 1.54) is 148 Å². The summed E-state index contributed by atoms with van der Waals surface area (Å²) >= 11 is 0. The van der Waals surface area contributed by atoms with Crippen LogP contribution >= 0.6 is 0 Å². The summed E-state index contributed by atoms with van der Waals surface area (Å²) in [5.41, 5.74) is 0. The minimum Gasteiger partial charge on any atom is -0.446 e. The highest BCUT2D eigenvalue weighted by Gasteiger charge is 2.26. The molecule has 8 heteroatoms. The molecule has 4 atom stereocenters. The van der Waals surface area contributed by atoms with Crippen molar-refractivity contribution in [2.24, 2.45) is 11.8 Å². The van der Waals surface area contributed by atoms with Crippen LogP contribution in [0.15, 0.2) is 72.9 Å². The molecule has 0 aromatic rings. The third-order valence-electron chi connectivity index (χ3n) is 16.2. The van der Waals surface area contributed by atoms with E-state index in [0.29, 0.717) is 24.9 Å². The Morgan fingerprint density at radius 3 is 0.939 bits per heavy atom. The van der Waals surface area contributed by atoms with Crippen molar-refractivity contribution in [1.82, 2.24) is 20.4 Å². The first-order valence-electron chi connectivity index (χ1n) is 35.3. The first-order valence-corrected chi connectivity index (χ1v) is 35.3. The van der Waals surface area contributed by atoms with E-state index in [9.17, 15) is 9.59 Å². The molecule has 2 amide bonds. The number of hydrogen-bond donors (Lipinski definition) is 2. The Kier molecular flexibility index (Phi) is 61.5. The molecule has 2 N–H and O–H groups in total. The first kappa shape index (κ1) is 78.9. The summed E-state index contributed by atoms with van der Waals surface area (Å²) in [7, 11) is 6.28. The zero-order chi connectivity index (χ0) is 59.9. The Morgan fingerprint density at radius 2 is 0.598 bits per heavy atom. The smallest absolute Gasteiger partial charge is 0.407 e. The summed E-state index contributed by atoms with van der Waals surface area (Å²) in [6, 6.07) is 0. The minimum atomic E-state index is -0.268. The van der Waals surface area contributed by atoms with Crippen molar-refractivity contribution >= 4 is 12.2 Å². The number of alkyl carbamates (subject to hydrolysis) is 2. The molecular weight excluding hydrogens is 1010 g/mol. The van der Waals surface area contributed by atoms with Gasteiger partial charge in [-0.1, -0.05) is 191 Å². The van der Waals surface area contributed by atoms with Gasteiger partial charge >= 0.3 is 12.2 Å². The van der Waals surface area contributed by atoms with Crippen LogP contribution in [0.1, 0.15) is 311 Å². The van der Waals surface area contributed by atoms with E-state index in [2.05, 4.69) is 135 Å². The Hall–Kier alpha value is -3.10. The number of carbonyl (C=O) groups is 2. The van der Waals surface area contributed by atoms with Crippen LogP contribution in [0.3, 0.4) is 0 Å². The molecule has 0 saturated heterocycles. The lowest BCUT2D eigenvalue weighted by Gasteiger charge is -2.27. The number of hydrogen-bond acceptors (Lipinski definition) is 6. The van der Waals surface area contributed by atoms with Crippen LogP contribution in [0.4, 0.5) is 9.59 Å². The number of likely N-dealkylation sites (N-methyl/N-ethyl adjacent to an activating group) is 1. The summed E-state index contributed by atoms with van der Waals surface area (Å²) in [6.07, 6.45) is 78.3. The Balaban J connectivity index is 5.26. The van der Waals surface area contributed by atoms with Gasteiger partial charge in [0.05, 0.1) is 0 Å². The van der Waals surface area contributed by atoms with Crippen molar-refractivity contribution in [2.75, 3.05) is 53.9 Å². The van der Waals surface area contributed by atoms with Crippen molar-refractivity contribution < 1.29 is 19.1 Å². The number of ether oxygens (including phenoxy) is 2. The van der Waals surface area contributed by atoms with Crippen LogP contribution in [0.2, 0.25) is 0 Å². The minimum absolute atomic E-state index is 0.0619. The fraction of sp³-hybridized carbons (Fsp3) is 0.811.